The number of hydrogen-bond donors (Lipinski definition) is 1. The number of carbonyl (C=O) groups excluding carboxylic acids is 1. The molecule has 2 rings (SSSR count). The van der Waals surface area contributed by atoms with Crippen LogP contribution in [0.1, 0.15) is 22.6 Å². The van der Waals surface area contributed by atoms with Gasteiger partial charge < -0.3 is 14.6 Å². The second kappa shape index (κ2) is 6.09. The summed E-state index contributed by atoms with van der Waals surface area (Å²) in [5.41, 5.74) is 1.74. The molecule has 0 atom stereocenters. The molecule has 0 aliphatic carbocycles. The molecule has 0 spiro atoms. The molecule has 0 bridgehead atoms. The first-order chi connectivity index (χ1) is 9.49. The molecule has 20 heavy (non-hydrogen) atoms. The van der Waals surface area contributed by atoms with E-state index in [1.807, 2.05) is 40.5 Å². The van der Waals surface area contributed by atoms with E-state index in [0.29, 0.717) is 25.3 Å². The standard InChI is InChI=1S/C14H21N3O3/c1-11-4-5-12(15(11)2)14(20)17-7-3-6-16(8-9-17)10-13(18)19/h4-5H,3,6-10H2,1-2H3,(H,18,19). The lowest BCUT2D eigenvalue weighted by Gasteiger charge is -2.21. The summed E-state index contributed by atoms with van der Waals surface area (Å²) < 4.78 is 1.89. The fraction of sp³-hybridized carbons (Fsp3) is 0.571. The topological polar surface area (TPSA) is 65.8 Å². The summed E-state index contributed by atoms with van der Waals surface area (Å²) in [7, 11) is 1.89. The third kappa shape index (κ3) is 3.19. The Morgan fingerprint density at radius 3 is 2.55 bits per heavy atom. The maximum absolute atomic E-state index is 12.5. The second-order valence-electron chi connectivity index (χ2n) is 5.23. The number of carboxylic acid groups (broad SMARTS) is 1. The van der Waals surface area contributed by atoms with Crippen molar-refractivity contribution in [1.82, 2.24) is 14.4 Å². The summed E-state index contributed by atoms with van der Waals surface area (Å²) in [6.45, 7) is 4.61. The van der Waals surface area contributed by atoms with Gasteiger partial charge in [0.25, 0.3) is 5.91 Å². The third-order valence-corrected chi connectivity index (χ3v) is 3.83. The van der Waals surface area contributed by atoms with Gasteiger partial charge in [-0.3, -0.25) is 14.5 Å². The predicted octanol–water partition coefficient (Wildman–Crippen LogP) is 0.566. The largest absolute Gasteiger partial charge is 0.480 e. The molecule has 1 amide bonds. The molecule has 1 aromatic rings. The lowest BCUT2D eigenvalue weighted by atomic mass is 10.3. The molecule has 1 saturated heterocycles. The molecule has 6 heteroatoms. The highest BCUT2D eigenvalue weighted by Gasteiger charge is 2.22. The average molecular weight is 279 g/mol. The second-order valence-corrected chi connectivity index (χ2v) is 5.23. The van der Waals surface area contributed by atoms with E-state index in [-0.39, 0.29) is 12.5 Å². The number of carboxylic acids is 1. The minimum atomic E-state index is -0.817. The normalized spacial score (nSPS) is 17.0. The van der Waals surface area contributed by atoms with Crippen molar-refractivity contribution >= 4 is 11.9 Å². The molecular weight excluding hydrogens is 258 g/mol. The maximum Gasteiger partial charge on any atom is 0.317 e. The van der Waals surface area contributed by atoms with Crippen LogP contribution in [0.2, 0.25) is 0 Å². The van der Waals surface area contributed by atoms with Crippen molar-refractivity contribution in [3.8, 4) is 0 Å². The number of carbonyl (C=O) groups is 2. The zero-order chi connectivity index (χ0) is 14.7. The van der Waals surface area contributed by atoms with Crippen LogP contribution in [0.5, 0.6) is 0 Å². The molecule has 1 N–H and O–H groups in total. The highest BCUT2D eigenvalue weighted by atomic mass is 16.4. The molecule has 0 aromatic carbocycles. The predicted molar refractivity (Wildman–Crippen MR) is 74.7 cm³/mol. The quantitative estimate of drug-likeness (QED) is 0.878. The number of aromatic nitrogens is 1. The van der Waals surface area contributed by atoms with Crippen molar-refractivity contribution in [3.05, 3.63) is 23.5 Å². The minimum Gasteiger partial charge on any atom is -0.480 e. The molecule has 1 aliphatic heterocycles. The highest BCUT2D eigenvalue weighted by molar-refractivity contribution is 5.93. The summed E-state index contributed by atoms with van der Waals surface area (Å²) in [4.78, 5) is 26.9. The van der Waals surface area contributed by atoms with Gasteiger partial charge in [0.15, 0.2) is 0 Å². The van der Waals surface area contributed by atoms with Gasteiger partial charge in [-0.1, -0.05) is 0 Å². The fourth-order valence-corrected chi connectivity index (χ4v) is 2.51. The van der Waals surface area contributed by atoms with Crippen LogP contribution in [0.4, 0.5) is 0 Å². The molecule has 2 heterocycles. The lowest BCUT2D eigenvalue weighted by molar-refractivity contribution is -0.138. The maximum atomic E-state index is 12.5. The van der Waals surface area contributed by atoms with Crippen molar-refractivity contribution in [1.29, 1.82) is 0 Å². The highest BCUT2D eigenvalue weighted by Crippen LogP contribution is 2.12. The summed E-state index contributed by atoms with van der Waals surface area (Å²) in [5, 5.41) is 8.82. The van der Waals surface area contributed by atoms with Crippen LogP contribution in [-0.4, -0.2) is 64.1 Å². The Balaban J connectivity index is 2.01. The molecule has 110 valence electrons. The Hall–Kier alpha value is -1.82. The smallest absolute Gasteiger partial charge is 0.317 e. The van der Waals surface area contributed by atoms with E-state index in [4.69, 9.17) is 5.11 Å². The lowest BCUT2D eigenvalue weighted by Crippen LogP contribution is -2.37. The van der Waals surface area contributed by atoms with Gasteiger partial charge in [-0.2, -0.15) is 0 Å². The van der Waals surface area contributed by atoms with Crippen LogP contribution >= 0.6 is 0 Å². The zero-order valence-electron chi connectivity index (χ0n) is 12.0. The number of nitrogens with zero attached hydrogens (tertiary/aromatic N) is 3. The van der Waals surface area contributed by atoms with Crippen LogP contribution in [0.3, 0.4) is 0 Å². The first-order valence-electron chi connectivity index (χ1n) is 6.85. The Labute approximate surface area is 118 Å². The Morgan fingerprint density at radius 1 is 1.20 bits per heavy atom. The van der Waals surface area contributed by atoms with Gasteiger partial charge in [0.05, 0.1) is 6.54 Å². The van der Waals surface area contributed by atoms with Gasteiger partial charge in [0.1, 0.15) is 5.69 Å². The van der Waals surface area contributed by atoms with Gasteiger partial charge in [0, 0.05) is 38.9 Å². The van der Waals surface area contributed by atoms with Crippen LogP contribution in [0.25, 0.3) is 0 Å². The number of hydrogen-bond acceptors (Lipinski definition) is 3. The van der Waals surface area contributed by atoms with Gasteiger partial charge in [-0.05, 0) is 25.5 Å². The van der Waals surface area contributed by atoms with Crippen molar-refractivity contribution in [2.45, 2.75) is 13.3 Å². The molecule has 0 radical (unpaired) electrons. The van der Waals surface area contributed by atoms with Crippen LogP contribution < -0.4 is 0 Å². The van der Waals surface area contributed by atoms with E-state index in [0.717, 1.165) is 18.7 Å². The molecule has 1 fully saturated rings. The minimum absolute atomic E-state index is 0.0257. The van der Waals surface area contributed by atoms with E-state index in [2.05, 4.69) is 0 Å². The molecule has 0 unspecified atom stereocenters. The summed E-state index contributed by atoms with van der Waals surface area (Å²) >= 11 is 0. The van der Waals surface area contributed by atoms with Crippen molar-refractivity contribution in [2.24, 2.45) is 7.05 Å². The van der Waals surface area contributed by atoms with Crippen LogP contribution in [0, 0.1) is 6.92 Å². The van der Waals surface area contributed by atoms with Gasteiger partial charge >= 0.3 is 5.97 Å². The SMILES string of the molecule is Cc1ccc(C(=O)N2CCCN(CC(=O)O)CC2)n1C. The number of amides is 1. The first-order valence-corrected chi connectivity index (χ1v) is 6.85. The molecular formula is C14H21N3O3. The molecule has 1 aromatic heterocycles. The fourth-order valence-electron chi connectivity index (χ4n) is 2.51. The van der Waals surface area contributed by atoms with E-state index in [9.17, 15) is 9.59 Å². The monoisotopic (exact) mass is 279 g/mol. The molecule has 1 aliphatic rings. The molecule has 0 saturated carbocycles. The summed E-state index contributed by atoms with van der Waals surface area (Å²) in [5.74, 6) is -0.791. The molecule has 6 nitrogen and oxygen atoms in total. The van der Waals surface area contributed by atoms with E-state index in [1.165, 1.54) is 0 Å². The van der Waals surface area contributed by atoms with Crippen molar-refractivity contribution in [2.75, 3.05) is 32.7 Å². The van der Waals surface area contributed by atoms with Crippen LogP contribution in [-0.2, 0) is 11.8 Å². The number of rotatable bonds is 3. The summed E-state index contributed by atoms with van der Waals surface area (Å²) in [6.07, 6.45) is 0.808. The van der Waals surface area contributed by atoms with Gasteiger partial charge in [-0.15, -0.1) is 0 Å². The van der Waals surface area contributed by atoms with Crippen molar-refractivity contribution < 1.29 is 14.7 Å². The number of aryl methyl sites for hydroxylation is 1. The number of aliphatic carboxylic acids is 1. The third-order valence-electron chi connectivity index (χ3n) is 3.83. The zero-order valence-corrected chi connectivity index (χ0v) is 12.0. The Morgan fingerprint density at radius 2 is 1.95 bits per heavy atom. The van der Waals surface area contributed by atoms with Gasteiger partial charge in [-0.25, -0.2) is 0 Å². The summed E-state index contributed by atoms with van der Waals surface area (Å²) in [6, 6.07) is 3.78. The van der Waals surface area contributed by atoms with Crippen molar-refractivity contribution in [3.63, 3.8) is 0 Å². The van der Waals surface area contributed by atoms with E-state index < -0.39 is 5.97 Å². The first kappa shape index (κ1) is 14.6. The van der Waals surface area contributed by atoms with E-state index in [1.54, 1.807) is 0 Å². The Kier molecular flexibility index (Phi) is 4.44. The average Bonchev–Trinajstić information content (AvgIpc) is 2.61. The van der Waals surface area contributed by atoms with Gasteiger partial charge in [0.2, 0.25) is 0 Å². The Bertz CT molecular complexity index is 510. The van der Waals surface area contributed by atoms with E-state index >= 15 is 0 Å². The van der Waals surface area contributed by atoms with Crippen LogP contribution in [0.15, 0.2) is 12.1 Å².